The van der Waals surface area contributed by atoms with Crippen molar-refractivity contribution in [2.75, 3.05) is 6.61 Å². The van der Waals surface area contributed by atoms with Crippen LogP contribution in [0.1, 0.15) is 49.2 Å². The fraction of sp³-hybridized carbons (Fsp3) is 0.500. The summed E-state index contributed by atoms with van der Waals surface area (Å²) in [7, 11) is 0. The number of hydrogen-bond acceptors (Lipinski definition) is 2. The molecule has 0 amide bonds. The average Bonchev–Trinajstić information content (AvgIpc) is 2.18. The summed E-state index contributed by atoms with van der Waals surface area (Å²) in [5.41, 5.74) is 1.99. The number of aromatic carboxylic acids is 1. The van der Waals surface area contributed by atoms with Gasteiger partial charge < -0.3 is 9.84 Å². The van der Waals surface area contributed by atoms with Crippen LogP contribution in [-0.2, 0) is 5.41 Å². The van der Waals surface area contributed by atoms with E-state index in [2.05, 4.69) is 20.8 Å². The second kappa shape index (κ2) is 4.78. The Kier molecular flexibility index (Phi) is 3.81. The maximum atomic E-state index is 11.2. The van der Waals surface area contributed by atoms with Crippen molar-refractivity contribution in [1.29, 1.82) is 0 Å². The highest BCUT2D eigenvalue weighted by Crippen LogP contribution is 2.35. The van der Waals surface area contributed by atoms with E-state index in [0.717, 1.165) is 11.1 Å². The van der Waals surface area contributed by atoms with Crippen LogP contribution in [-0.4, -0.2) is 17.7 Å². The van der Waals surface area contributed by atoms with Crippen LogP contribution >= 0.6 is 0 Å². The molecule has 1 rings (SSSR count). The molecule has 0 aliphatic heterocycles. The molecule has 3 nitrogen and oxygen atoms in total. The monoisotopic (exact) mass is 236 g/mol. The van der Waals surface area contributed by atoms with Crippen LogP contribution in [0.2, 0.25) is 0 Å². The van der Waals surface area contributed by atoms with E-state index < -0.39 is 5.97 Å². The lowest BCUT2D eigenvalue weighted by molar-refractivity contribution is 0.0692. The third-order valence-corrected chi connectivity index (χ3v) is 2.56. The largest absolute Gasteiger partial charge is 0.493 e. The Balaban J connectivity index is 3.51. The number of carbonyl (C=O) groups is 1. The number of hydrogen-bond donors (Lipinski definition) is 1. The molecule has 0 atom stereocenters. The zero-order chi connectivity index (χ0) is 13.2. The van der Waals surface area contributed by atoms with Crippen molar-refractivity contribution in [2.24, 2.45) is 0 Å². The molecule has 0 saturated heterocycles. The quantitative estimate of drug-likeness (QED) is 0.875. The number of carboxylic acids is 1. The smallest absolute Gasteiger partial charge is 0.339 e. The average molecular weight is 236 g/mol. The van der Waals surface area contributed by atoms with Crippen LogP contribution in [0.4, 0.5) is 0 Å². The Morgan fingerprint density at radius 2 is 1.94 bits per heavy atom. The van der Waals surface area contributed by atoms with E-state index >= 15 is 0 Å². The molecule has 0 saturated carbocycles. The molecular weight excluding hydrogens is 216 g/mol. The minimum absolute atomic E-state index is 0.138. The molecule has 0 bridgehead atoms. The van der Waals surface area contributed by atoms with Gasteiger partial charge in [-0.1, -0.05) is 26.8 Å². The summed E-state index contributed by atoms with van der Waals surface area (Å²) in [4.78, 5) is 11.2. The van der Waals surface area contributed by atoms with E-state index in [0.29, 0.717) is 12.4 Å². The van der Waals surface area contributed by atoms with E-state index in [9.17, 15) is 9.90 Å². The lowest BCUT2D eigenvalue weighted by Gasteiger charge is -2.24. The van der Waals surface area contributed by atoms with Gasteiger partial charge in [0.15, 0.2) is 0 Å². The number of carboxylic acid groups (broad SMARTS) is 1. The van der Waals surface area contributed by atoms with Gasteiger partial charge in [-0.3, -0.25) is 0 Å². The number of benzene rings is 1. The fourth-order valence-electron chi connectivity index (χ4n) is 1.79. The fourth-order valence-corrected chi connectivity index (χ4v) is 1.79. The predicted molar refractivity (Wildman–Crippen MR) is 68.0 cm³/mol. The molecule has 0 fully saturated rings. The molecule has 3 heteroatoms. The first kappa shape index (κ1) is 13.6. The van der Waals surface area contributed by atoms with Gasteiger partial charge in [0, 0.05) is 5.56 Å². The summed E-state index contributed by atoms with van der Waals surface area (Å²) < 4.78 is 5.53. The Labute approximate surface area is 102 Å². The molecule has 0 unspecified atom stereocenters. The molecule has 1 aromatic carbocycles. The third kappa shape index (κ3) is 2.99. The molecule has 0 aromatic heterocycles. The van der Waals surface area contributed by atoms with Gasteiger partial charge in [0.2, 0.25) is 0 Å². The summed E-state index contributed by atoms with van der Waals surface area (Å²) >= 11 is 0. The van der Waals surface area contributed by atoms with Crippen LogP contribution in [0.25, 0.3) is 0 Å². The van der Waals surface area contributed by atoms with E-state index in [-0.39, 0.29) is 11.0 Å². The zero-order valence-corrected chi connectivity index (χ0v) is 11.1. The Morgan fingerprint density at radius 3 is 2.35 bits per heavy atom. The molecule has 0 heterocycles. The van der Waals surface area contributed by atoms with Crippen molar-refractivity contribution < 1.29 is 14.6 Å². The van der Waals surface area contributed by atoms with E-state index in [4.69, 9.17) is 4.74 Å². The molecule has 1 N–H and O–H groups in total. The maximum Gasteiger partial charge on any atom is 0.339 e. The van der Waals surface area contributed by atoms with Gasteiger partial charge in [-0.25, -0.2) is 4.79 Å². The first-order chi connectivity index (χ1) is 7.77. The van der Waals surface area contributed by atoms with Gasteiger partial charge >= 0.3 is 5.97 Å². The summed E-state index contributed by atoms with van der Waals surface area (Å²) in [5, 5.41) is 9.23. The Bertz CT molecular complexity index is 428. The van der Waals surface area contributed by atoms with Crippen molar-refractivity contribution in [3.8, 4) is 5.75 Å². The Morgan fingerprint density at radius 1 is 1.35 bits per heavy atom. The molecule has 0 aliphatic rings. The number of rotatable bonds is 3. The first-order valence-electron chi connectivity index (χ1n) is 5.78. The van der Waals surface area contributed by atoms with E-state index in [1.807, 2.05) is 19.9 Å². The van der Waals surface area contributed by atoms with Gasteiger partial charge in [0.25, 0.3) is 0 Å². The lowest BCUT2D eigenvalue weighted by atomic mass is 9.84. The zero-order valence-electron chi connectivity index (χ0n) is 11.1. The minimum atomic E-state index is -0.942. The van der Waals surface area contributed by atoms with Gasteiger partial charge in [-0.15, -0.1) is 0 Å². The van der Waals surface area contributed by atoms with Crippen molar-refractivity contribution in [2.45, 2.75) is 40.0 Å². The highest BCUT2D eigenvalue weighted by molar-refractivity contribution is 5.92. The van der Waals surface area contributed by atoms with Crippen molar-refractivity contribution in [3.63, 3.8) is 0 Å². The van der Waals surface area contributed by atoms with Gasteiger partial charge in [-0.2, -0.15) is 0 Å². The summed E-state index contributed by atoms with van der Waals surface area (Å²) in [6, 6.07) is 3.65. The minimum Gasteiger partial charge on any atom is -0.493 e. The second-order valence-corrected chi connectivity index (χ2v) is 5.18. The lowest BCUT2D eigenvalue weighted by Crippen LogP contribution is -2.16. The highest BCUT2D eigenvalue weighted by Gasteiger charge is 2.24. The first-order valence-corrected chi connectivity index (χ1v) is 5.78. The van der Waals surface area contributed by atoms with E-state index in [1.165, 1.54) is 0 Å². The van der Waals surface area contributed by atoms with Crippen LogP contribution < -0.4 is 4.74 Å². The van der Waals surface area contributed by atoms with Crippen molar-refractivity contribution in [1.82, 2.24) is 0 Å². The van der Waals surface area contributed by atoms with Crippen LogP contribution in [0, 0.1) is 6.92 Å². The molecule has 1 aromatic rings. The van der Waals surface area contributed by atoms with E-state index in [1.54, 1.807) is 6.07 Å². The standard InChI is InChI=1S/C14H20O3/c1-6-17-12-10(13(15)16)7-9(2)8-11(12)14(3,4)5/h7-8H,6H2,1-5H3,(H,15,16). The summed E-state index contributed by atoms with van der Waals surface area (Å²) in [5.74, 6) is -0.444. The van der Waals surface area contributed by atoms with Crippen molar-refractivity contribution in [3.05, 3.63) is 28.8 Å². The third-order valence-electron chi connectivity index (χ3n) is 2.56. The van der Waals surface area contributed by atoms with Gasteiger partial charge in [0.05, 0.1) is 6.61 Å². The van der Waals surface area contributed by atoms with Crippen LogP contribution in [0.15, 0.2) is 12.1 Å². The molecule has 17 heavy (non-hydrogen) atoms. The van der Waals surface area contributed by atoms with Crippen LogP contribution in [0.5, 0.6) is 5.75 Å². The van der Waals surface area contributed by atoms with Gasteiger partial charge in [0.1, 0.15) is 11.3 Å². The molecular formula is C14H20O3. The normalized spacial score (nSPS) is 11.4. The number of ether oxygens (including phenoxy) is 1. The van der Waals surface area contributed by atoms with Crippen molar-refractivity contribution >= 4 is 5.97 Å². The summed E-state index contributed by atoms with van der Waals surface area (Å²) in [6.45, 7) is 10.4. The highest BCUT2D eigenvalue weighted by atomic mass is 16.5. The summed E-state index contributed by atoms with van der Waals surface area (Å²) in [6.07, 6.45) is 0. The second-order valence-electron chi connectivity index (χ2n) is 5.18. The molecule has 0 spiro atoms. The SMILES string of the molecule is CCOc1c(C(=O)O)cc(C)cc1C(C)(C)C. The molecule has 0 aliphatic carbocycles. The Hall–Kier alpha value is -1.51. The topological polar surface area (TPSA) is 46.5 Å². The molecule has 0 radical (unpaired) electrons. The van der Waals surface area contributed by atoms with Gasteiger partial charge in [-0.05, 0) is 30.9 Å². The number of aryl methyl sites for hydroxylation is 1. The molecule has 94 valence electrons. The maximum absolute atomic E-state index is 11.2. The predicted octanol–water partition coefficient (Wildman–Crippen LogP) is 3.39. The van der Waals surface area contributed by atoms with Crippen LogP contribution in [0.3, 0.4) is 0 Å².